The van der Waals surface area contributed by atoms with Crippen molar-refractivity contribution in [3.05, 3.63) is 12.2 Å². The quantitative estimate of drug-likeness (QED) is 0.129. The van der Waals surface area contributed by atoms with E-state index >= 15 is 0 Å². The van der Waals surface area contributed by atoms with Crippen LogP contribution in [0.5, 0.6) is 0 Å². The lowest BCUT2D eigenvalue weighted by molar-refractivity contribution is -0.348. The van der Waals surface area contributed by atoms with Crippen LogP contribution in [-0.4, -0.2) is 49.6 Å². The Kier molecular flexibility index (Phi) is 13.8. The van der Waals surface area contributed by atoms with Gasteiger partial charge in [-0.3, -0.25) is 4.79 Å². The predicted molar refractivity (Wildman–Crippen MR) is 108 cm³/mol. The van der Waals surface area contributed by atoms with E-state index in [0.29, 0.717) is 38.9 Å². The molecule has 170 valence electrons. The Labute approximate surface area is 174 Å². The third kappa shape index (κ3) is 19.6. The van der Waals surface area contributed by atoms with Crippen molar-refractivity contribution in [3.63, 3.8) is 0 Å². The van der Waals surface area contributed by atoms with Crippen LogP contribution in [-0.2, 0) is 38.6 Å². The van der Waals surface area contributed by atoms with Crippen LogP contribution >= 0.6 is 0 Å². The molecular weight excluding hydrogens is 380 g/mol. The molecule has 0 atom stereocenters. The van der Waals surface area contributed by atoms with Gasteiger partial charge < -0.3 is 9.47 Å². The molecule has 0 amide bonds. The average Bonchev–Trinajstić information content (AvgIpc) is 2.57. The van der Waals surface area contributed by atoms with Gasteiger partial charge in [0, 0.05) is 5.57 Å². The second kappa shape index (κ2) is 14.5. The Hall–Kier alpha value is -1.48. The standard InChI is InChI=1S/C21H38O8/c1-17(19(23)25-13-9-11-15-27-29-21(5,6)7)16-18(22)24-12-8-10-14-26-28-20(2,3)4/h1,8-16H2,2-7H3. The lowest BCUT2D eigenvalue weighted by atomic mass is 10.2. The maximum atomic E-state index is 11.8. The summed E-state index contributed by atoms with van der Waals surface area (Å²) < 4.78 is 10.1. The van der Waals surface area contributed by atoms with E-state index in [0.717, 1.165) is 0 Å². The highest BCUT2D eigenvalue weighted by molar-refractivity contribution is 5.93. The van der Waals surface area contributed by atoms with Crippen molar-refractivity contribution < 1.29 is 38.6 Å². The Morgan fingerprint density at radius 3 is 1.55 bits per heavy atom. The largest absolute Gasteiger partial charge is 0.465 e. The summed E-state index contributed by atoms with van der Waals surface area (Å²) in [5.74, 6) is -1.10. The third-order valence-corrected chi connectivity index (χ3v) is 3.00. The van der Waals surface area contributed by atoms with Crippen LogP contribution in [0, 0.1) is 0 Å². The van der Waals surface area contributed by atoms with Gasteiger partial charge in [-0.2, -0.15) is 0 Å². The van der Waals surface area contributed by atoms with E-state index in [1.54, 1.807) is 0 Å². The molecule has 0 aromatic carbocycles. The number of ether oxygens (including phenoxy) is 2. The molecule has 29 heavy (non-hydrogen) atoms. The van der Waals surface area contributed by atoms with Crippen molar-refractivity contribution in [1.82, 2.24) is 0 Å². The van der Waals surface area contributed by atoms with Crippen molar-refractivity contribution in [2.24, 2.45) is 0 Å². The zero-order valence-corrected chi connectivity index (χ0v) is 18.8. The molecule has 8 heteroatoms. The van der Waals surface area contributed by atoms with E-state index in [2.05, 4.69) is 6.58 Å². The molecule has 0 N–H and O–H groups in total. The number of hydrogen-bond acceptors (Lipinski definition) is 8. The summed E-state index contributed by atoms with van der Waals surface area (Å²) in [4.78, 5) is 43.9. The number of esters is 2. The van der Waals surface area contributed by atoms with Crippen LogP contribution in [0.3, 0.4) is 0 Å². The van der Waals surface area contributed by atoms with Crippen molar-refractivity contribution in [2.75, 3.05) is 26.4 Å². The second-order valence-electron chi connectivity index (χ2n) is 8.59. The van der Waals surface area contributed by atoms with Crippen LogP contribution in [0.1, 0.15) is 73.6 Å². The van der Waals surface area contributed by atoms with Gasteiger partial charge in [0.2, 0.25) is 0 Å². The maximum absolute atomic E-state index is 11.8. The van der Waals surface area contributed by atoms with Gasteiger partial charge in [-0.15, -0.1) is 0 Å². The lowest BCUT2D eigenvalue weighted by Gasteiger charge is -2.17. The highest BCUT2D eigenvalue weighted by Gasteiger charge is 2.15. The van der Waals surface area contributed by atoms with E-state index in [4.69, 9.17) is 29.0 Å². The van der Waals surface area contributed by atoms with Gasteiger partial charge in [-0.1, -0.05) is 6.58 Å². The molecule has 0 aromatic rings. The summed E-state index contributed by atoms with van der Waals surface area (Å²) in [6.07, 6.45) is 2.44. The zero-order chi connectivity index (χ0) is 22.3. The van der Waals surface area contributed by atoms with Crippen LogP contribution in [0.15, 0.2) is 12.2 Å². The van der Waals surface area contributed by atoms with Gasteiger partial charge in [0.25, 0.3) is 0 Å². The molecule has 0 bridgehead atoms. The van der Waals surface area contributed by atoms with Crippen LogP contribution in [0.2, 0.25) is 0 Å². The van der Waals surface area contributed by atoms with Gasteiger partial charge in [-0.05, 0) is 67.2 Å². The van der Waals surface area contributed by atoms with Crippen molar-refractivity contribution in [3.8, 4) is 0 Å². The van der Waals surface area contributed by atoms with Crippen LogP contribution in [0.4, 0.5) is 0 Å². The molecule has 0 aliphatic carbocycles. The van der Waals surface area contributed by atoms with Gasteiger partial charge in [0.15, 0.2) is 0 Å². The second-order valence-corrected chi connectivity index (χ2v) is 8.59. The fourth-order valence-corrected chi connectivity index (χ4v) is 1.71. The van der Waals surface area contributed by atoms with Gasteiger partial charge in [0.05, 0.1) is 44.1 Å². The molecule has 0 aliphatic rings. The summed E-state index contributed by atoms with van der Waals surface area (Å²) >= 11 is 0. The number of unbranched alkanes of at least 4 members (excludes halogenated alkanes) is 2. The Morgan fingerprint density at radius 2 is 1.10 bits per heavy atom. The summed E-state index contributed by atoms with van der Waals surface area (Å²) in [5, 5.41) is 0. The van der Waals surface area contributed by atoms with Crippen molar-refractivity contribution in [1.29, 1.82) is 0 Å². The van der Waals surface area contributed by atoms with Crippen molar-refractivity contribution >= 4 is 11.9 Å². The summed E-state index contributed by atoms with van der Waals surface area (Å²) in [6, 6.07) is 0. The van der Waals surface area contributed by atoms with Gasteiger partial charge >= 0.3 is 11.9 Å². The van der Waals surface area contributed by atoms with Crippen LogP contribution < -0.4 is 0 Å². The molecule has 0 saturated heterocycles. The average molecular weight is 419 g/mol. The van der Waals surface area contributed by atoms with Crippen LogP contribution in [0.25, 0.3) is 0 Å². The zero-order valence-electron chi connectivity index (χ0n) is 18.8. The van der Waals surface area contributed by atoms with E-state index < -0.39 is 11.9 Å². The predicted octanol–water partition coefficient (Wildman–Crippen LogP) is 4.07. The third-order valence-electron chi connectivity index (χ3n) is 3.00. The molecule has 0 saturated carbocycles. The molecular formula is C21H38O8. The monoisotopic (exact) mass is 418 g/mol. The molecule has 0 spiro atoms. The Bertz CT molecular complexity index is 488. The summed E-state index contributed by atoms with van der Waals surface area (Å²) in [6.45, 7) is 16.2. The Morgan fingerprint density at radius 1 is 0.690 bits per heavy atom. The van der Waals surface area contributed by atoms with Crippen molar-refractivity contribution in [2.45, 2.75) is 84.8 Å². The van der Waals surface area contributed by atoms with E-state index in [-0.39, 0.29) is 36.4 Å². The highest BCUT2D eigenvalue weighted by atomic mass is 17.2. The topological polar surface area (TPSA) is 89.5 Å². The number of rotatable bonds is 15. The molecule has 0 aliphatic heterocycles. The molecule has 0 heterocycles. The first-order valence-electron chi connectivity index (χ1n) is 10.0. The minimum absolute atomic E-state index is 0.0734. The minimum Gasteiger partial charge on any atom is -0.465 e. The molecule has 0 rings (SSSR count). The summed E-state index contributed by atoms with van der Waals surface area (Å²) in [7, 11) is 0. The summed E-state index contributed by atoms with van der Waals surface area (Å²) in [5.41, 5.74) is -0.632. The molecule has 0 aromatic heterocycles. The number of carbonyl (C=O) groups excluding carboxylic acids is 2. The van der Waals surface area contributed by atoms with Gasteiger partial charge in [-0.25, -0.2) is 24.3 Å². The highest BCUT2D eigenvalue weighted by Crippen LogP contribution is 2.09. The molecule has 0 unspecified atom stereocenters. The minimum atomic E-state index is -0.596. The number of carbonyl (C=O) groups is 2. The molecule has 0 radical (unpaired) electrons. The first-order valence-corrected chi connectivity index (χ1v) is 10.0. The lowest BCUT2D eigenvalue weighted by Crippen LogP contribution is -2.20. The fourth-order valence-electron chi connectivity index (χ4n) is 1.71. The van der Waals surface area contributed by atoms with E-state index in [1.165, 1.54) is 0 Å². The number of hydrogen-bond donors (Lipinski definition) is 0. The first kappa shape index (κ1) is 27.5. The Balaban J connectivity index is 3.66. The molecule has 8 nitrogen and oxygen atoms in total. The molecule has 0 fully saturated rings. The van der Waals surface area contributed by atoms with Gasteiger partial charge in [0.1, 0.15) is 0 Å². The maximum Gasteiger partial charge on any atom is 0.333 e. The van der Waals surface area contributed by atoms with E-state index in [9.17, 15) is 9.59 Å². The first-order chi connectivity index (χ1) is 13.4. The van der Waals surface area contributed by atoms with E-state index in [1.807, 2.05) is 41.5 Å². The SMILES string of the molecule is C=C(CC(=O)OCCCCOOC(C)(C)C)C(=O)OCCCCOOC(C)(C)C. The normalized spacial score (nSPS) is 11.9. The fraction of sp³-hybridized carbons (Fsp3) is 0.810. The smallest absolute Gasteiger partial charge is 0.333 e.